The summed E-state index contributed by atoms with van der Waals surface area (Å²) in [6, 6.07) is 5.22. The first kappa shape index (κ1) is 12.6. The predicted molar refractivity (Wildman–Crippen MR) is 64.1 cm³/mol. The van der Waals surface area contributed by atoms with E-state index in [4.69, 9.17) is 5.73 Å². The second-order valence-corrected chi connectivity index (χ2v) is 4.48. The molecule has 0 aliphatic carbocycles. The Hall–Kier alpha value is -0.450. The zero-order valence-corrected chi connectivity index (χ0v) is 10.4. The van der Waals surface area contributed by atoms with E-state index in [1.54, 1.807) is 12.1 Å². The van der Waals surface area contributed by atoms with Gasteiger partial charge in [-0.25, -0.2) is 4.39 Å². The third kappa shape index (κ3) is 4.28. The molecule has 2 N–H and O–H groups in total. The Bertz CT molecular complexity index is 317. The van der Waals surface area contributed by atoms with Gasteiger partial charge in [0.2, 0.25) is 0 Å². The van der Waals surface area contributed by atoms with E-state index in [1.165, 1.54) is 0 Å². The Morgan fingerprint density at radius 3 is 2.80 bits per heavy atom. The summed E-state index contributed by atoms with van der Waals surface area (Å²) in [7, 11) is 2.01. The van der Waals surface area contributed by atoms with Gasteiger partial charge in [0.1, 0.15) is 5.82 Å². The summed E-state index contributed by atoms with van der Waals surface area (Å²) < 4.78 is 13.7. The van der Waals surface area contributed by atoms with Gasteiger partial charge in [0.25, 0.3) is 0 Å². The van der Waals surface area contributed by atoms with Crippen molar-refractivity contribution in [2.45, 2.75) is 13.0 Å². The maximum atomic E-state index is 13.2. The molecule has 0 unspecified atom stereocenters. The van der Waals surface area contributed by atoms with Crippen LogP contribution >= 0.6 is 15.9 Å². The fourth-order valence-electron chi connectivity index (χ4n) is 1.39. The fourth-order valence-corrected chi connectivity index (χ4v) is 1.64. The summed E-state index contributed by atoms with van der Waals surface area (Å²) in [5.41, 5.74) is 6.40. The third-order valence-electron chi connectivity index (χ3n) is 2.18. The van der Waals surface area contributed by atoms with Gasteiger partial charge in [-0.2, -0.15) is 0 Å². The van der Waals surface area contributed by atoms with Gasteiger partial charge in [-0.15, -0.1) is 0 Å². The van der Waals surface area contributed by atoms with Crippen LogP contribution in [0.3, 0.4) is 0 Å². The number of hydrogen-bond acceptors (Lipinski definition) is 2. The first-order valence-corrected chi connectivity index (χ1v) is 5.75. The maximum absolute atomic E-state index is 13.2. The smallest absolute Gasteiger partial charge is 0.137 e. The van der Waals surface area contributed by atoms with E-state index in [9.17, 15) is 4.39 Å². The van der Waals surface area contributed by atoms with Gasteiger partial charge < -0.3 is 10.6 Å². The SMILES string of the molecule is CN(CCCN)Cc1ccc(Br)c(F)c1. The standard InChI is InChI=1S/C11H16BrFN2/c1-15(6-2-5-14)8-9-3-4-10(12)11(13)7-9/h3-4,7H,2,5-6,8,14H2,1H3. The minimum absolute atomic E-state index is 0.209. The Morgan fingerprint density at radius 1 is 1.47 bits per heavy atom. The Balaban J connectivity index is 2.53. The number of rotatable bonds is 5. The summed E-state index contributed by atoms with van der Waals surface area (Å²) in [4.78, 5) is 2.13. The summed E-state index contributed by atoms with van der Waals surface area (Å²) in [5.74, 6) is -0.209. The molecule has 84 valence electrons. The van der Waals surface area contributed by atoms with Crippen LogP contribution in [0.4, 0.5) is 4.39 Å². The number of hydrogen-bond donors (Lipinski definition) is 1. The van der Waals surface area contributed by atoms with Crippen molar-refractivity contribution in [3.63, 3.8) is 0 Å². The molecule has 0 atom stereocenters. The van der Waals surface area contributed by atoms with E-state index in [0.717, 1.165) is 25.1 Å². The van der Waals surface area contributed by atoms with Crippen LogP contribution in [0.5, 0.6) is 0 Å². The van der Waals surface area contributed by atoms with Crippen LogP contribution in [-0.4, -0.2) is 25.0 Å². The topological polar surface area (TPSA) is 29.3 Å². The molecule has 0 aliphatic heterocycles. The molecule has 0 fully saturated rings. The molecule has 0 amide bonds. The van der Waals surface area contributed by atoms with E-state index in [0.29, 0.717) is 11.0 Å². The van der Waals surface area contributed by atoms with Gasteiger partial charge in [0.15, 0.2) is 0 Å². The van der Waals surface area contributed by atoms with E-state index in [1.807, 2.05) is 13.1 Å². The molecule has 0 spiro atoms. The molecule has 0 aliphatic rings. The Morgan fingerprint density at radius 2 is 2.20 bits per heavy atom. The van der Waals surface area contributed by atoms with E-state index >= 15 is 0 Å². The predicted octanol–water partition coefficient (Wildman–Crippen LogP) is 2.37. The third-order valence-corrected chi connectivity index (χ3v) is 2.82. The molecule has 15 heavy (non-hydrogen) atoms. The largest absolute Gasteiger partial charge is 0.330 e. The number of benzene rings is 1. The van der Waals surface area contributed by atoms with Crippen molar-refractivity contribution in [1.29, 1.82) is 0 Å². The van der Waals surface area contributed by atoms with Crippen molar-refractivity contribution in [2.75, 3.05) is 20.1 Å². The molecule has 0 heterocycles. The van der Waals surface area contributed by atoms with Crippen molar-refractivity contribution in [3.8, 4) is 0 Å². The molecule has 0 aromatic heterocycles. The average molecular weight is 275 g/mol. The monoisotopic (exact) mass is 274 g/mol. The van der Waals surface area contributed by atoms with E-state index in [2.05, 4.69) is 20.8 Å². The van der Waals surface area contributed by atoms with Gasteiger partial charge >= 0.3 is 0 Å². The summed E-state index contributed by atoms with van der Waals surface area (Å²) in [5, 5.41) is 0. The number of halogens is 2. The lowest BCUT2D eigenvalue weighted by molar-refractivity contribution is 0.323. The molecular formula is C11H16BrFN2. The first-order valence-electron chi connectivity index (χ1n) is 4.96. The highest BCUT2D eigenvalue weighted by Gasteiger charge is 2.03. The molecule has 1 aromatic rings. The highest BCUT2D eigenvalue weighted by Crippen LogP contribution is 2.17. The van der Waals surface area contributed by atoms with Crippen LogP contribution in [0.2, 0.25) is 0 Å². The van der Waals surface area contributed by atoms with Crippen LogP contribution in [0.25, 0.3) is 0 Å². The van der Waals surface area contributed by atoms with Crippen LogP contribution < -0.4 is 5.73 Å². The molecule has 0 radical (unpaired) electrons. The van der Waals surface area contributed by atoms with Crippen molar-refractivity contribution in [1.82, 2.24) is 4.90 Å². The zero-order valence-electron chi connectivity index (χ0n) is 8.84. The molecular weight excluding hydrogens is 259 g/mol. The average Bonchev–Trinajstić information content (AvgIpc) is 2.20. The van der Waals surface area contributed by atoms with Crippen molar-refractivity contribution in [3.05, 3.63) is 34.1 Å². The summed E-state index contributed by atoms with van der Waals surface area (Å²) >= 11 is 3.13. The van der Waals surface area contributed by atoms with Crippen molar-refractivity contribution in [2.24, 2.45) is 5.73 Å². The van der Waals surface area contributed by atoms with Crippen LogP contribution in [0.1, 0.15) is 12.0 Å². The Labute approximate surface area is 98.4 Å². The van der Waals surface area contributed by atoms with Crippen LogP contribution in [0, 0.1) is 5.82 Å². The molecule has 1 aromatic carbocycles. The molecule has 2 nitrogen and oxygen atoms in total. The lowest BCUT2D eigenvalue weighted by Crippen LogP contribution is -2.21. The second kappa shape index (κ2) is 6.20. The van der Waals surface area contributed by atoms with Gasteiger partial charge in [-0.05, 0) is 60.2 Å². The molecule has 0 bridgehead atoms. The summed E-state index contributed by atoms with van der Waals surface area (Å²) in [6.45, 7) is 2.39. The maximum Gasteiger partial charge on any atom is 0.137 e. The first-order chi connectivity index (χ1) is 7.13. The molecule has 0 saturated heterocycles. The van der Waals surface area contributed by atoms with E-state index < -0.39 is 0 Å². The highest BCUT2D eigenvalue weighted by atomic mass is 79.9. The molecule has 0 saturated carbocycles. The molecule has 1 rings (SSSR count). The normalized spacial score (nSPS) is 11.0. The number of nitrogens with zero attached hydrogens (tertiary/aromatic N) is 1. The molecule has 4 heteroatoms. The quantitative estimate of drug-likeness (QED) is 0.894. The fraction of sp³-hybridized carbons (Fsp3) is 0.455. The summed E-state index contributed by atoms with van der Waals surface area (Å²) in [6.07, 6.45) is 0.968. The highest BCUT2D eigenvalue weighted by molar-refractivity contribution is 9.10. The lowest BCUT2D eigenvalue weighted by atomic mass is 10.2. The minimum atomic E-state index is -0.209. The second-order valence-electron chi connectivity index (χ2n) is 3.63. The van der Waals surface area contributed by atoms with Crippen LogP contribution in [-0.2, 0) is 6.54 Å². The van der Waals surface area contributed by atoms with Gasteiger partial charge in [-0.1, -0.05) is 6.07 Å². The Kier molecular flexibility index (Phi) is 5.22. The van der Waals surface area contributed by atoms with Crippen molar-refractivity contribution < 1.29 is 4.39 Å². The minimum Gasteiger partial charge on any atom is -0.330 e. The number of nitrogens with two attached hydrogens (primary N) is 1. The zero-order chi connectivity index (χ0) is 11.3. The van der Waals surface area contributed by atoms with Gasteiger partial charge in [-0.3, -0.25) is 0 Å². The van der Waals surface area contributed by atoms with Crippen LogP contribution in [0.15, 0.2) is 22.7 Å². The van der Waals surface area contributed by atoms with Crippen molar-refractivity contribution >= 4 is 15.9 Å². The lowest BCUT2D eigenvalue weighted by Gasteiger charge is -2.16. The van der Waals surface area contributed by atoms with Gasteiger partial charge in [0.05, 0.1) is 4.47 Å². The van der Waals surface area contributed by atoms with Gasteiger partial charge in [0, 0.05) is 6.54 Å². The van der Waals surface area contributed by atoms with E-state index in [-0.39, 0.29) is 5.82 Å².